The van der Waals surface area contributed by atoms with Crippen LogP contribution in [0.15, 0.2) is 0 Å². The molecule has 1 aliphatic rings. The van der Waals surface area contributed by atoms with Crippen molar-refractivity contribution in [1.29, 1.82) is 0 Å². The second-order valence-electron chi connectivity index (χ2n) is 8.79. The van der Waals surface area contributed by atoms with Gasteiger partial charge in [0.25, 0.3) is 0 Å². The average molecular weight is 316 g/mol. The van der Waals surface area contributed by atoms with Crippen molar-refractivity contribution in [3.05, 3.63) is 0 Å². The summed E-state index contributed by atoms with van der Waals surface area (Å²) in [6.45, 7) is 10.9. The molecule has 130 valence electrons. The predicted molar refractivity (Wildman–Crippen MR) is 105 cm³/mol. The quantitative estimate of drug-likeness (QED) is 0.538. The number of rotatable bonds is 6. The highest BCUT2D eigenvalue weighted by Crippen LogP contribution is 2.32. The van der Waals surface area contributed by atoms with Gasteiger partial charge >= 0.3 is 0 Å². The van der Waals surface area contributed by atoms with Gasteiger partial charge in [0, 0.05) is 5.41 Å². The van der Waals surface area contributed by atoms with Crippen LogP contribution in [0.1, 0.15) is 91.9 Å². The van der Waals surface area contributed by atoms with Gasteiger partial charge < -0.3 is 4.79 Å². The van der Waals surface area contributed by atoms with Gasteiger partial charge in [-0.2, -0.15) is 0 Å². The molecular formula is C20H38B2O. The fourth-order valence-electron chi connectivity index (χ4n) is 4.16. The first kappa shape index (κ1) is 20.8. The van der Waals surface area contributed by atoms with E-state index in [4.69, 9.17) is 0 Å². The van der Waals surface area contributed by atoms with Gasteiger partial charge in [-0.05, 0) is 12.3 Å². The van der Waals surface area contributed by atoms with E-state index < -0.39 is 0 Å². The lowest BCUT2D eigenvalue weighted by Gasteiger charge is -2.27. The summed E-state index contributed by atoms with van der Waals surface area (Å²) in [5.74, 6) is 1.88. The predicted octanol–water partition coefficient (Wildman–Crippen LogP) is 6.14. The van der Waals surface area contributed by atoms with Crippen molar-refractivity contribution in [2.24, 2.45) is 11.3 Å². The minimum atomic E-state index is -0.194. The molecule has 0 saturated heterocycles. The Hall–Kier alpha value is -0.200. The maximum atomic E-state index is 12.7. The summed E-state index contributed by atoms with van der Waals surface area (Å²) in [5, 5.41) is 0. The minimum Gasteiger partial charge on any atom is -0.311 e. The van der Waals surface area contributed by atoms with Crippen LogP contribution in [0.3, 0.4) is 0 Å². The molecule has 1 fully saturated rings. The number of hydrogen-bond acceptors (Lipinski definition) is 1. The van der Waals surface area contributed by atoms with E-state index in [1.165, 1.54) is 57.8 Å². The summed E-state index contributed by atoms with van der Waals surface area (Å²) >= 11 is 0. The molecule has 0 aromatic carbocycles. The highest BCUT2D eigenvalue weighted by atomic mass is 16.1. The molecule has 0 spiro atoms. The van der Waals surface area contributed by atoms with E-state index in [2.05, 4.69) is 49.1 Å². The maximum absolute atomic E-state index is 12.7. The zero-order chi connectivity index (χ0) is 17.3. The normalized spacial score (nSPS) is 24.8. The van der Waals surface area contributed by atoms with Gasteiger partial charge in [0.2, 0.25) is 7.28 Å². The van der Waals surface area contributed by atoms with Crippen molar-refractivity contribution in [2.45, 2.75) is 110 Å². The van der Waals surface area contributed by atoms with Crippen LogP contribution in [0.25, 0.3) is 0 Å². The Bertz CT molecular complexity index is 339. The molecular weight excluding hydrogens is 278 g/mol. The third kappa shape index (κ3) is 8.45. The Labute approximate surface area is 147 Å². The van der Waals surface area contributed by atoms with Crippen molar-refractivity contribution < 1.29 is 4.79 Å². The van der Waals surface area contributed by atoms with Crippen molar-refractivity contribution in [2.75, 3.05) is 0 Å². The van der Waals surface area contributed by atoms with E-state index in [1.54, 1.807) is 0 Å². The van der Waals surface area contributed by atoms with Crippen LogP contribution in [-0.4, -0.2) is 20.2 Å². The van der Waals surface area contributed by atoms with Gasteiger partial charge in [-0.3, -0.25) is 0 Å². The fraction of sp³-hybridized carbons (Fsp3) is 0.950. The van der Waals surface area contributed by atoms with Crippen LogP contribution in [0.5, 0.6) is 0 Å². The molecule has 1 nitrogen and oxygen atoms in total. The lowest BCUT2D eigenvalue weighted by atomic mass is 9.51. The first-order valence-corrected chi connectivity index (χ1v) is 10.0. The van der Waals surface area contributed by atoms with E-state index >= 15 is 0 Å². The Morgan fingerprint density at radius 1 is 0.957 bits per heavy atom. The summed E-state index contributed by atoms with van der Waals surface area (Å²) in [6.07, 6.45) is 12.7. The summed E-state index contributed by atoms with van der Waals surface area (Å²) in [5.41, 5.74) is 0.185. The van der Waals surface area contributed by atoms with Crippen LogP contribution in [0, 0.1) is 11.3 Å². The SMILES string of the molecule is C[B]C1CCCCCCC([B]C(=O)C(C)(C)CC(C)C)CCC1. The van der Waals surface area contributed by atoms with E-state index in [9.17, 15) is 4.79 Å². The summed E-state index contributed by atoms with van der Waals surface area (Å²) in [6, 6.07) is 0. The van der Waals surface area contributed by atoms with Crippen LogP contribution in [-0.2, 0) is 4.79 Å². The van der Waals surface area contributed by atoms with Crippen LogP contribution >= 0.6 is 0 Å². The minimum absolute atomic E-state index is 0.194. The molecule has 2 unspecified atom stereocenters. The lowest BCUT2D eigenvalue weighted by Crippen LogP contribution is -2.32. The van der Waals surface area contributed by atoms with Gasteiger partial charge in [-0.15, -0.1) is 0 Å². The van der Waals surface area contributed by atoms with E-state index in [1.807, 2.05) is 0 Å². The average Bonchev–Trinajstić information content (AvgIpc) is 2.51. The lowest BCUT2D eigenvalue weighted by molar-refractivity contribution is -0.120. The van der Waals surface area contributed by atoms with Gasteiger partial charge in [0.1, 0.15) is 7.28 Å². The standard InChI is InChI=1S/C20H38B2O/c1-16(2)15-20(3,4)19(23)22-18-12-9-7-6-8-11-17(21-5)13-10-14-18/h16-18H,6-15H2,1-5H3. The third-order valence-corrected chi connectivity index (χ3v) is 5.49. The van der Waals surface area contributed by atoms with E-state index in [0.29, 0.717) is 17.4 Å². The molecule has 3 heteroatoms. The Morgan fingerprint density at radius 3 is 2.04 bits per heavy atom. The molecule has 23 heavy (non-hydrogen) atoms. The summed E-state index contributed by atoms with van der Waals surface area (Å²) in [4.78, 5) is 12.7. The summed E-state index contributed by atoms with van der Waals surface area (Å²) < 4.78 is 0. The molecule has 2 radical (unpaired) electrons. The molecule has 0 heterocycles. The first-order valence-electron chi connectivity index (χ1n) is 10.0. The Kier molecular flexibility index (Phi) is 9.62. The molecule has 0 N–H and O–H groups in total. The Balaban J connectivity index is 2.55. The second-order valence-corrected chi connectivity index (χ2v) is 8.79. The largest absolute Gasteiger partial charge is 0.311 e. The van der Waals surface area contributed by atoms with Crippen molar-refractivity contribution >= 4 is 20.2 Å². The molecule has 0 aliphatic heterocycles. The van der Waals surface area contributed by atoms with Gasteiger partial charge in [-0.25, -0.2) is 0 Å². The molecule has 2 atom stereocenters. The van der Waals surface area contributed by atoms with Gasteiger partial charge in [0.05, 0.1) is 5.68 Å². The smallest absolute Gasteiger partial charge is 0.206 e. The molecule has 0 aromatic heterocycles. The van der Waals surface area contributed by atoms with E-state index in [-0.39, 0.29) is 5.41 Å². The maximum Gasteiger partial charge on any atom is 0.206 e. The zero-order valence-corrected chi connectivity index (χ0v) is 16.4. The molecule has 0 bridgehead atoms. The summed E-state index contributed by atoms with van der Waals surface area (Å²) in [7, 11) is 4.50. The molecule has 1 aliphatic carbocycles. The van der Waals surface area contributed by atoms with Gasteiger partial charge in [-0.1, -0.05) is 104 Å². The van der Waals surface area contributed by atoms with Crippen LogP contribution in [0.2, 0.25) is 18.5 Å². The van der Waals surface area contributed by atoms with Crippen molar-refractivity contribution in [1.82, 2.24) is 0 Å². The third-order valence-electron chi connectivity index (χ3n) is 5.49. The van der Waals surface area contributed by atoms with Crippen molar-refractivity contribution in [3.8, 4) is 0 Å². The Morgan fingerprint density at radius 2 is 1.48 bits per heavy atom. The molecule has 1 rings (SSSR count). The van der Waals surface area contributed by atoms with Crippen molar-refractivity contribution in [3.63, 3.8) is 0 Å². The van der Waals surface area contributed by atoms with Crippen LogP contribution in [0.4, 0.5) is 0 Å². The monoisotopic (exact) mass is 316 g/mol. The molecule has 0 amide bonds. The first-order chi connectivity index (χ1) is 10.8. The topological polar surface area (TPSA) is 17.1 Å². The molecule has 0 aromatic rings. The van der Waals surface area contributed by atoms with Crippen LogP contribution < -0.4 is 0 Å². The second kappa shape index (κ2) is 10.6. The number of carbonyl (C=O) groups is 1. The highest BCUT2D eigenvalue weighted by Gasteiger charge is 2.30. The zero-order valence-electron chi connectivity index (χ0n) is 16.4. The van der Waals surface area contributed by atoms with Gasteiger partial charge in [0.15, 0.2) is 0 Å². The highest BCUT2D eigenvalue weighted by molar-refractivity contribution is 6.75. The fourth-order valence-corrected chi connectivity index (χ4v) is 4.16. The molecule has 1 saturated carbocycles. The number of carbonyl (C=O) groups excluding carboxylic acids is 1. The number of hydrogen-bond donors (Lipinski definition) is 0. The van der Waals surface area contributed by atoms with E-state index in [0.717, 1.165) is 12.2 Å².